The van der Waals surface area contributed by atoms with Crippen molar-refractivity contribution in [1.29, 1.82) is 0 Å². The van der Waals surface area contributed by atoms with E-state index >= 15 is 0 Å². The molecule has 2 aliphatic heterocycles. The zero-order chi connectivity index (χ0) is 20.2. The number of morpholine rings is 1. The first-order chi connectivity index (χ1) is 14.1. The van der Waals surface area contributed by atoms with Crippen LogP contribution in [0.4, 0.5) is 23.1 Å². The summed E-state index contributed by atoms with van der Waals surface area (Å²) in [7, 11) is 0. The van der Waals surface area contributed by atoms with Crippen molar-refractivity contribution in [3.8, 4) is 0 Å². The van der Waals surface area contributed by atoms with Crippen molar-refractivity contribution in [3.05, 3.63) is 40.3 Å². The Labute approximate surface area is 169 Å². The van der Waals surface area contributed by atoms with Crippen molar-refractivity contribution in [1.82, 2.24) is 15.0 Å². The standard InChI is InChI=1S/C19H25N7O3/c1-14-9-17(20-11-16(14)26(27)28)23-15-3-2-4-25(12-15)19-10-18(21-13-22-19)24-5-7-29-8-6-24/h9-11,13,15H,2-8,12H2,1H3,(H,20,23). The quantitative estimate of drug-likeness (QED) is 0.596. The summed E-state index contributed by atoms with van der Waals surface area (Å²) in [5.74, 6) is 2.51. The van der Waals surface area contributed by atoms with Crippen LogP contribution in [0, 0.1) is 17.0 Å². The van der Waals surface area contributed by atoms with Crippen LogP contribution >= 0.6 is 0 Å². The lowest BCUT2D eigenvalue weighted by molar-refractivity contribution is -0.385. The van der Waals surface area contributed by atoms with E-state index in [1.165, 1.54) is 6.20 Å². The fraction of sp³-hybridized carbons (Fsp3) is 0.526. The van der Waals surface area contributed by atoms with Gasteiger partial charge in [0.25, 0.3) is 5.69 Å². The number of rotatable bonds is 5. The normalized spacial score (nSPS) is 19.8. The van der Waals surface area contributed by atoms with E-state index in [4.69, 9.17) is 4.74 Å². The second kappa shape index (κ2) is 8.56. The van der Waals surface area contributed by atoms with Crippen molar-refractivity contribution in [3.63, 3.8) is 0 Å². The monoisotopic (exact) mass is 399 g/mol. The summed E-state index contributed by atoms with van der Waals surface area (Å²) in [6.45, 7) is 6.57. The predicted octanol–water partition coefficient (Wildman–Crippen LogP) is 2.01. The Morgan fingerprint density at radius 3 is 2.62 bits per heavy atom. The fourth-order valence-electron chi connectivity index (χ4n) is 3.81. The molecule has 1 unspecified atom stereocenters. The number of nitro groups is 1. The molecule has 0 aliphatic carbocycles. The lowest BCUT2D eigenvalue weighted by atomic mass is 10.1. The smallest absolute Gasteiger partial charge is 0.290 e. The maximum absolute atomic E-state index is 11.0. The first-order valence-electron chi connectivity index (χ1n) is 9.87. The van der Waals surface area contributed by atoms with Gasteiger partial charge in [-0.2, -0.15) is 0 Å². The van der Waals surface area contributed by atoms with E-state index in [1.807, 2.05) is 6.07 Å². The van der Waals surface area contributed by atoms with Crippen LogP contribution < -0.4 is 15.1 Å². The van der Waals surface area contributed by atoms with Gasteiger partial charge in [-0.15, -0.1) is 0 Å². The molecule has 10 nitrogen and oxygen atoms in total. The van der Waals surface area contributed by atoms with Crippen LogP contribution in [0.15, 0.2) is 24.7 Å². The number of ether oxygens (including phenoxy) is 1. The van der Waals surface area contributed by atoms with Gasteiger partial charge < -0.3 is 19.9 Å². The predicted molar refractivity (Wildman–Crippen MR) is 110 cm³/mol. The molecule has 0 amide bonds. The van der Waals surface area contributed by atoms with Crippen LogP contribution in [0.25, 0.3) is 0 Å². The van der Waals surface area contributed by atoms with Gasteiger partial charge in [0.05, 0.1) is 18.1 Å². The summed E-state index contributed by atoms with van der Waals surface area (Å²) in [4.78, 5) is 28.2. The fourth-order valence-corrected chi connectivity index (χ4v) is 3.81. The number of piperidine rings is 1. The van der Waals surface area contributed by atoms with Crippen molar-refractivity contribution in [2.75, 3.05) is 54.5 Å². The molecule has 1 atom stereocenters. The number of nitrogens with zero attached hydrogens (tertiary/aromatic N) is 6. The molecule has 0 saturated carbocycles. The molecule has 154 valence electrons. The summed E-state index contributed by atoms with van der Waals surface area (Å²) < 4.78 is 5.42. The average molecular weight is 399 g/mol. The molecule has 1 N–H and O–H groups in total. The van der Waals surface area contributed by atoms with Gasteiger partial charge in [0.1, 0.15) is 30.0 Å². The largest absolute Gasteiger partial charge is 0.378 e. The first-order valence-corrected chi connectivity index (χ1v) is 9.87. The lowest BCUT2D eigenvalue weighted by Gasteiger charge is -2.35. The third-order valence-corrected chi connectivity index (χ3v) is 5.35. The number of hydrogen-bond donors (Lipinski definition) is 1. The van der Waals surface area contributed by atoms with Gasteiger partial charge in [0, 0.05) is 43.9 Å². The van der Waals surface area contributed by atoms with E-state index in [0.717, 1.165) is 63.9 Å². The highest BCUT2D eigenvalue weighted by atomic mass is 16.6. The second-order valence-corrected chi connectivity index (χ2v) is 7.38. The molecular weight excluding hydrogens is 374 g/mol. The van der Waals surface area contributed by atoms with Gasteiger partial charge >= 0.3 is 0 Å². The molecule has 2 aromatic rings. The summed E-state index contributed by atoms with van der Waals surface area (Å²) in [5.41, 5.74) is 0.642. The zero-order valence-electron chi connectivity index (χ0n) is 16.5. The van der Waals surface area contributed by atoms with Crippen LogP contribution in [0.2, 0.25) is 0 Å². The number of hydrogen-bond acceptors (Lipinski definition) is 9. The van der Waals surface area contributed by atoms with E-state index in [1.54, 1.807) is 19.3 Å². The summed E-state index contributed by atoms with van der Waals surface area (Å²) in [6, 6.07) is 3.97. The van der Waals surface area contributed by atoms with Gasteiger partial charge in [-0.05, 0) is 25.8 Å². The molecule has 0 spiro atoms. The Kier molecular flexibility index (Phi) is 5.70. The van der Waals surface area contributed by atoms with Gasteiger partial charge in [0.15, 0.2) is 0 Å². The number of aryl methyl sites for hydroxylation is 1. The average Bonchev–Trinajstić information content (AvgIpc) is 2.74. The number of pyridine rings is 1. The molecular formula is C19H25N7O3. The summed E-state index contributed by atoms with van der Waals surface area (Å²) >= 11 is 0. The van der Waals surface area contributed by atoms with E-state index < -0.39 is 4.92 Å². The molecule has 2 aromatic heterocycles. The Bertz CT molecular complexity index is 873. The zero-order valence-corrected chi connectivity index (χ0v) is 16.5. The van der Waals surface area contributed by atoms with E-state index in [9.17, 15) is 10.1 Å². The Morgan fingerprint density at radius 1 is 1.14 bits per heavy atom. The number of aromatic nitrogens is 3. The molecule has 10 heteroatoms. The molecule has 0 radical (unpaired) electrons. The van der Waals surface area contributed by atoms with Gasteiger partial charge in [0.2, 0.25) is 0 Å². The van der Waals surface area contributed by atoms with Crippen LogP contribution in [0.5, 0.6) is 0 Å². The van der Waals surface area contributed by atoms with Gasteiger partial charge in [-0.3, -0.25) is 10.1 Å². The van der Waals surface area contributed by atoms with Gasteiger partial charge in [-0.1, -0.05) is 0 Å². The molecule has 2 aliphatic rings. The molecule has 0 bridgehead atoms. The Hall–Kier alpha value is -3.01. The molecule has 0 aromatic carbocycles. The molecule has 2 fully saturated rings. The van der Waals surface area contributed by atoms with E-state index in [2.05, 4.69) is 30.1 Å². The minimum absolute atomic E-state index is 0.0393. The Morgan fingerprint density at radius 2 is 1.90 bits per heavy atom. The lowest BCUT2D eigenvalue weighted by Crippen LogP contribution is -2.43. The van der Waals surface area contributed by atoms with E-state index in [-0.39, 0.29) is 11.7 Å². The molecule has 4 rings (SSSR count). The van der Waals surface area contributed by atoms with Crippen molar-refractivity contribution in [2.24, 2.45) is 0 Å². The third kappa shape index (κ3) is 4.53. The summed E-state index contributed by atoms with van der Waals surface area (Å²) in [5, 5.41) is 14.4. The first kappa shape index (κ1) is 19.3. The van der Waals surface area contributed by atoms with Crippen LogP contribution in [-0.2, 0) is 4.74 Å². The Balaban J connectivity index is 1.43. The number of nitrogens with one attached hydrogen (secondary N) is 1. The van der Waals surface area contributed by atoms with Crippen LogP contribution in [0.1, 0.15) is 18.4 Å². The van der Waals surface area contributed by atoms with Crippen molar-refractivity contribution in [2.45, 2.75) is 25.8 Å². The topological polar surface area (TPSA) is 110 Å². The minimum atomic E-state index is -0.407. The highest BCUT2D eigenvalue weighted by Gasteiger charge is 2.23. The molecule has 29 heavy (non-hydrogen) atoms. The molecule has 4 heterocycles. The SMILES string of the molecule is Cc1cc(NC2CCCN(c3cc(N4CCOCC4)ncn3)C2)ncc1[N+](=O)[O-]. The maximum Gasteiger partial charge on any atom is 0.290 e. The summed E-state index contributed by atoms with van der Waals surface area (Å²) in [6.07, 6.45) is 4.98. The van der Waals surface area contributed by atoms with Crippen molar-refractivity contribution < 1.29 is 9.66 Å². The van der Waals surface area contributed by atoms with E-state index in [0.29, 0.717) is 11.4 Å². The van der Waals surface area contributed by atoms with Crippen LogP contribution in [-0.4, -0.2) is 65.3 Å². The van der Waals surface area contributed by atoms with Gasteiger partial charge in [-0.25, -0.2) is 15.0 Å². The highest BCUT2D eigenvalue weighted by molar-refractivity contribution is 5.52. The van der Waals surface area contributed by atoms with Crippen molar-refractivity contribution >= 4 is 23.1 Å². The molecule has 2 saturated heterocycles. The van der Waals surface area contributed by atoms with Crippen LogP contribution in [0.3, 0.4) is 0 Å². The minimum Gasteiger partial charge on any atom is -0.378 e. The third-order valence-electron chi connectivity index (χ3n) is 5.35. The second-order valence-electron chi connectivity index (χ2n) is 7.38. The highest BCUT2D eigenvalue weighted by Crippen LogP contribution is 2.24. The number of anilines is 3. The maximum atomic E-state index is 11.0.